The van der Waals surface area contributed by atoms with Gasteiger partial charge in [0.15, 0.2) is 0 Å². The first kappa shape index (κ1) is 22.1. The van der Waals surface area contributed by atoms with Crippen molar-refractivity contribution < 1.29 is 9.53 Å². The van der Waals surface area contributed by atoms with Crippen molar-refractivity contribution in [2.24, 2.45) is 0 Å². The van der Waals surface area contributed by atoms with Crippen LogP contribution in [0.5, 0.6) is 0 Å². The smallest absolute Gasteiger partial charge is 0.252 e. The number of fused-ring (bicyclic) bond motifs is 1. The van der Waals surface area contributed by atoms with Crippen molar-refractivity contribution in [2.45, 2.75) is 37.8 Å². The zero-order chi connectivity index (χ0) is 16.3. The van der Waals surface area contributed by atoms with Crippen LogP contribution in [0, 0.1) is 0 Å². The predicted octanol–water partition coefficient (Wildman–Crippen LogP) is 2.96. The lowest BCUT2D eigenvalue weighted by molar-refractivity contribution is -0.147. The number of methoxy groups -OCH3 is 1. The molecule has 0 bridgehead atoms. The van der Waals surface area contributed by atoms with Gasteiger partial charge in [0.1, 0.15) is 5.60 Å². The Morgan fingerprint density at radius 2 is 2.04 bits per heavy atom. The summed E-state index contributed by atoms with van der Waals surface area (Å²) in [6, 6.07) is 8.15. The quantitative estimate of drug-likeness (QED) is 0.802. The minimum absolute atomic E-state index is 0. The fourth-order valence-electron chi connectivity index (χ4n) is 3.03. The van der Waals surface area contributed by atoms with E-state index in [1.54, 1.807) is 18.4 Å². The highest BCUT2D eigenvalue weighted by Gasteiger charge is 2.40. The molecule has 1 aliphatic heterocycles. The third-order valence-electron chi connectivity index (χ3n) is 4.41. The van der Waals surface area contributed by atoms with Crippen LogP contribution in [0.1, 0.15) is 24.8 Å². The molecule has 1 aliphatic rings. The summed E-state index contributed by atoms with van der Waals surface area (Å²) < 4.78 is 6.76. The van der Waals surface area contributed by atoms with Crippen LogP contribution in [0.15, 0.2) is 24.3 Å². The summed E-state index contributed by atoms with van der Waals surface area (Å²) in [6.45, 7) is 3.65. The number of nitrogens with zero attached hydrogens (tertiary/aromatic N) is 1. The Morgan fingerprint density at radius 1 is 1.36 bits per heavy atom. The summed E-state index contributed by atoms with van der Waals surface area (Å²) in [5.74, 6) is -0.00453. The largest absolute Gasteiger partial charge is 0.368 e. The van der Waals surface area contributed by atoms with Gasteiger partial charge >= 0.3 is 0 Å². The molecule has 0 radical (unpaired) electrons. The molecular formula is C17H25Cl2N3O2S. The number of carbonyl (C=O) groups is 1. The second-order valence-electron chi connectivity index (χ2n) is 6.10. The fourth-order valence-corrected chi connectivity index (χ4v) is 4.13. The highest BCUT2D eigenvalue weighted by Crippen LogP contribution is 2.24. The molecule has 1 amide bonds. The highest BCUT2D eigenvalue weighted by atomic mass is 35.5. The third kappa shape index (κ3) is 5.05. The lowest BCUT2D eigenvalue weighted by Gasteiger charge is -2.35. The molecule has 1 fully saturated rings. The van der Waals surface area contributed by atoms with Crippen molar-refractivity contribution >= 4 is 52.3 Å². The number of piperidine rings is 1. The molecule has 1 aromatic heterocycles. The van der Waals surface area contributed by atoms with Crippen LogP contribution in [0.3, 0.4) is 0 Å². The summed E-state index contributed by atoms with van der Waals surface area (Å²) in [5.41, 5.74) is 0.338. The molecular weight excluding hydrogens is 381 g/mol. The van der Waals surface area contributed by atoms with E-state index in [2.05, 4.69) is 21.7 Å². The van der Waals surface area contributed by atoms with Crippen LogP contribution in [0.4, 0.5) is 0 Å². The molecule has 0 saturated carbocycles. The summed E-state index contributed by atoms with van der Waals surface area (Å²) in [7, 11) is 1.63. The van der Waals surface area contributed by atoms with E-state index in [1.165, 1.54) is 4.70 Å². The fraction of sp³-hybridized carbons (Fsp3) is 0.529. The van der Waals surface area contributed by atoms with Crippen LogP contribution in [0.25, 0.3) is 10.2 Å². The van der Waals surface area contributed by atoms with Gasteiger partial charge < -0.3 is 15.4 Å². The normalized spacial score (nSPS) is 17.2. The molecule has 3 rings (SSSR count). The van der Waals surface area contributed by atoms with Gasteiger partial charge in [0.05, 0.1) is 15.2 Å². The van der Waals surface area contributed by atoms with Gasteiger partial charge in [0.2, 0.25) is 0 Å². The van der Waals surface area contributed by atoms with E-state index in [1.807, 2.05) is 25.1 Å². The minimum atomic E-state index is -0.687. The molecule has 25 heavy (non-hydrogen) atoms. The Kier molecular flexibility index (Phi) is 8.57. The lowest BCUT2D eigenvalue weighted by atomic mass is 9.90. The lowest BCUT2D eigenvalue weighted by Crippen LogP contribution is -2.55. The number of halogens is 2. The predicted molar refractivity (Wildman–Crippen MR) is 107 cm³/mol. The summed E-state index contributed by atoms with van der Waals surface area (Å²) in [4.78, 5) is 17.3. The number of rotatable bonds is 5. The molecule has 0 aliphatic carbocycles. The van der Waals surface area contributed by atoms with Gasteiger partial charge in [-0.2, -0.15) is 0 Å². The number of thiazole rings is 1. The molecule has 8 heteroatoms. The van der Waals surface area contributed by atoms with E-state index >= 15 is 0 Å². The summed E-state index contributed by atoms with van der Waals surface area (Å²) >= 11 is 1.69. The maximum Gasteiger partial charge on any atom is 0.252 e. The maximum atomic E-state index is 12.6. The number of aromatic nitrogens is 1. The average molecular weight is 406 g/mol. The number of hydrogen-bond acceptors (Lipinski definition) is 5. The van der Waals surface area contributed by atoms with E-state index in [0.717, 1.165) is 30.0 Å². The van der Waals surface area contributed by atoms with Crippen molar-refractivity contribution in [1.82, 2.24) is 15.6 Å². The summed E-state index contributed by atoms with van der Waals surface area (Å²) in [5, 5.41) is 7.43. The van der Waals surface area contributed by atoms with Crippen LogP contribution >= 0.6 is 36.2 Å². The maximum absolute atomic E-state index is 12.6. The Morgan fingerprint density at radius 3 is 2.68 bits per heavy atom. The van der Waals surface area contributed by atoms with Crippen molar-refractivity contribution in [1.29, 1.82) is 0 Å². The van der Waals surface area contributed by atoms with Crippen LogP contribution in [0.2, 0.25) is 0 Å². The van der Waals surface area contributed by atoms with Crippen molar-refractivity contribution in [3.05, 3.63) is 29.3 Å². The molecule has 0 spiro atoms. The Labute approximate surface area is 164 Å². The minimum Gasteiger partial charge on any atom is -0.368 e. The monoisotopic (exact) mass is 405 g/mol. The molecule has 2 N–H and O–H groups in total. The number of hydrogen-bond donors (Lipinski definition) is 2. The first-order chi connectivity index (χ1) is 11.1. The summed E-state index contributed by atoms with van der Waals surface area (Å²) in [6.07, 6.45) is 2.16. The van der Waals surface area contributed by atoms with Crippen LogP contribution in [-0.2, 0) is 16.0 Å². The zero-order valence-electron chi connectivity index (χ0n) is 14.4. The number of nitrogens with one attached hydrogen (secondary N) is 2. The second kappa shape index (κ2) is 9.69. The van der Waals surface area contributed by atoms with Crippen LogP contribution < -0.4 is 10.6 Å². The van der Waals surface area contributed by atoms with E-state index in [-0.39, 0.29) is 36.8 Å². The van der Waals surface area contributed by atoms with E-state index in [4.69, 9.17) is 4.74 Å². The number of ether oxygens (including phenoxy) is 1. The van der Waals surface area contributed by atoms with Gasteiger partial charge in [-0.3, -0.25) is 4.79 Å². The number of carbonyl (C=O) groups excluding carboxylic acids is 1. The Hall–Kier alpha value is -0.920. The molecule has 5 nitrogen and oxygen atoms in total. The molecule has 1 unspecified atom stereocenters. The van der Waals surface area contributed by atoms with Crippen molar-refractivity contribution in [3.63, 3.8) is 0 Å². The van der Waals surface area contributed by atoms with E-state index < -0.39 is 5.60 Å². The molecule has 1 saturated heterocycles. The molecule has 1 atom stereocenters. The first-order valence-corrected chi connectivity index (χ1v) is 8.86. The Bertz CT molecular complexity index is 656. The number of para-hydroxylation sites is 1. The van der Waals surface area contributed by atoms with Crippen molar-refractivity contribution in [2.75, 3.05) is 20.2 Å². The van der Waals surface area contributed by atoms with Gasteiger partial charge in [-0.25, -0.2) is 4.98 Å². The third-order valence-corrected chi connectivity index (χ3v) is 5.47. The van der Waals surface area contributed by atoms with E-state index in [9.17, 15) is 4.79 Å². The Balaban J connectivity index is 0.00000156. The molecule has 1 aromatic carbocycles. The molecule has 140 valence electrons. The van der Waals surface area contributed by atoms with Gasteiger partial charge in [-0.15, -0.1) is 36.2 Å². The number of benzene rings is 1. The standard InChI is InChI=1S/C17H23N3O2S.2ClH/c1-12(11-15-20-13-5-3-4-6-14(13)23-15)19-16(21)17(22-2)7-9-18-10-8-17;;/h3-6,12,18H,7-11H2,1-2H3,(H,19,21);2*1H. The van der Waals surface area contributed by atoms with E-state index in [0.29, 0.717) is 12.8 Å². The highest BCUT2D eigenvalue weighted by molar-refractivity contribution is 7.18. The van der Waals surface area contributed by atoms with Gasteiger partial charge in [-0.05, 0) is 45.0 Å². The average Bonchev–Trinajstić information content (AvgIpc) is 2.97. The first-order valence-electron chi connectivity index (χ1n) is 8.04. The zero-order valence-corrected chi connectivity index (χ0v) is 16.9. The van der Waals surface area contributed by atoms with Gasteiger partial charge in [0, 0.05) is 19.6 Å². The van der Waals surface area contributed by atoms with Gasteiger partial charge in [0.25, 0.3) is 5.91 Å². The molecule has 2 aromatic rings. The van der Waals surface area contributed by atoms with Crippen LogP contribution in [-0.4, -0.2) is 42.7 Å². The number of amides is 1. The van der Waals surface area contributed by atoms with Gasteiger partial charge in [-0.1, -0.05) is 12.1 Å². The second-order valence-corrected chi connectivity index (χ2v) is 7.22. The SMILES string of the molecule is COC1(C(=O)NC(C)Cc2nc3ccccc3s2)CCNCC1.Cl.Cl. The molecule has 2 heterocycles. The van der Waals surface area contributed by atoms with Crippen molar-refractivity contribution in [3.8, 4) is 0 Å². The topological polar surface area (TPSA) is 63.2 Å².